The Morgan fingerprint density at radius 3 is 2.40 bits per heavy atom. The lowest BCUT2D eigenvalue weighted by atomic mass is 10.0. The number of sulfone groups is 1. The summed E-state index contributed by atoms with van der Waals surface area (Å²) in [6.07, 6.45) is 5.71. The Morgan fingerprint density at radius 2 is 1.87 bits per heavy atom. The van der Waals surface area contributed by atoms with Crippen LogP contribution in [0, 0.1) is 0 Å². The first-order valence-corrected chi connectivity index (χ1v) is 11.0. The van der Waals surface area contributed by atoms with Crippen molar-refractivity contribution in [3.8, 4) is 22.5 Å². The van der Waals surface area contributed by atoms with Crippen LogP contribution in [0.4, 0.5) is 0 Å². The van der Waals surface area contributed by atoms with Gasteiger partial charge in [-0.2, -0.15) is 0 Å². The number of nitrogens with zero attached hydrogens (tertiary/aromatic N) is 2. The number of nitrogens with one attached hydrogen (secondary N) is 2. The van der Waals surface area contributed by atoms with E-state index in [1.165, 1.54) is 23.0 Å². The smallest absolute Gasteiger partial charge is 0.264 e. The lowest BCUT2D eigenvalue weighted by molar-refractivity contribution is -0.131. The van der Waals surface area contributed by atoms with Gasteiger partial charge in [0.2, 0.25) is 0 Å². The zero-order chi connectivity index (χ0) is 21.9. The molecule has 0 saturated carbocycles. The molecule has 0 bridgehead atoms. The minimum atomic E-state index is -3.83. The highest BCUT2D eigenvalue weighted by Gasteiger charge is 2.43. The number of aromatic nitrogens is 3. The first-order valence-electron chi connectivity index (χ1n) is 9.10. The number of carbonyl (C=O) groups excluding carboxylic acids is 1. The number of benzene rings is 1. The molecular formula is C20H22N4O5S. The molecule has 2 heterocycles. The molecule has 1 aromatic carbocycles. The topological polar surface area (TPSA) is 134 Å². The van der Waals surface area contributed by atoms with Gasteiger partial charge in [0.15, 0.2) is 14.6 Å². The van der Waals surface area contributed by atoms with Crippen LogP contribution in [0.2, 0.25) is 0 Å². The van der Waals surface area contributed by atoms with Crippen molar-refractivity contribution in [2.24, 2.45) is 0 Å². The van der Waals surface area contributed by atoms with Crippen molar-refractivity contribution in [1.29, 1.82) is 0 Å². The Kier molecular flexibility index (Phi) is 5.90. The lowest BCUT2D eigenvalue weighted by Crippen LogP contribution is -2.49. The molecule has 9 nitrogen and oxygen atoms in total. The minimum absolute atomic E-state index is 0.00641. The summed E-state index contributed by atoms with van der Waals surface area (Å²) in [4.78, 5) is 31.6. The van der Waals surface area contributed by atoms with Gasteiger partial charge in [0.05, 0.1) is 0 Å². The van der Waals surface area contributed by atoms with Crippen LogP contribution < -0.4 is 11.0 Å². The van der Waals surface area contributed by atoms with Gasteiger partial charge in [0, 0.05) is 43.0 Å². The van der Waals surface area contributed by atoms with Gasteiger partial charge in [-0.3, -0.25) is 14.8 Å². The van der Waals surface area contributed by atoms with Crippen molar-refractivity contribution < 1.29 is 18.4 Å². The Labute approximate surface area is 173 Å². The van der Waals surface area contributed by atoms with Crippen LogP contribution in [0.5, 0.6) is 0 Å². The minimum Gasteiger partial charge on any atom is -0.345 e. The summed E-state index contributed by atoms with van der Waals surface area (Å²) in [6, 6.07) is 10.7. The highest BCUT2D eigenvalue weighted by molar-refractivity contribution is 7.92. The summed E-state index contributed by atoms with van der Waals surface area (Å²) >= 11 is 0. The Bertz CT molecular complexity index is 1200. The zero-order valence-corrected chi connectivity index (χ0v) is 17.3. The number of hydrogen-bond acceptors (Lipinski definition) is 6. The number of carbonyl (C=O) groups is 1. The average Bonchev–Trinajstić information content (AvgIpc) is 3.26. The van der Waals surface area contributed by atoms with Gasteiger partial charge < -0.3 is 9.55 Å². The molecule has 1 atom stereocenters. The summed E-state index contributed by atoms with van der Waals surface area (Å²) in [6.45, 7) is 1.21. The van der Waals surface area contributed by atoms with Gasteiger partial charge in [-0.05, 0) is 30.5 Å². The Morgan fingerprint density at radius 1 is 1.20 bits per heavy atom. The molecule has 158 valence electrons. The third kappa shape index (κ3) is 4.19. The molecule has 0 saturated heterocycles. The maximum atomic E-state index is 12.5. The molecule has 10 heteroatoms. The summed E-state index contributed by atoms with van der Waals surface area (Å²) < 4.78 is 23.6. The molecular weight excluding hydrogens is 408 g/mol. The average molecular weight is 430 g/mol. The normalized spacial score (nSPS) is 13.6. The molecule has 0 aliphatic carbocycles. The highest BCUT2D eigenvalue weighted by Crippen LogP contribution is 2.24. The van der Waals surface area contributed by atoms with E-state index in [0.29, 0.717) is 5.56 Å². The second-order valence-corrected chi connectivity index (χ2v) is 9.60. The van der Waals surface area contributed by atoms with Gasteiger partial charge in [0.25, 0.3) is 11.5 Å². The van der Waals surface area contributed by atoms with E-state index in [2.05, 4.69) is 9.97 Å². The lowest BCUT2D eigenvalue weighted by Gasteiger charge is -2.25. The summed E-state index contributed by atoms with van der Waals surface area (Å²) in [5, 5.41) is 8.89. The standard InChI is InChI=1S/C20H22N4O5S/c1-20(19(26)23-27,30(2,28)29)8-12-24-11-7-16(13-17(24)25)14-3-5-15(6-4-14)18-21-9-10-22-18/h3-7,9-11,13,27H,8,12H2,1-2H3,(H,21,22)(H,23,26)/t20-/m1/s1. The quantitative estimate of drug-likeness (QED) is 0.385. The monoisotopic (exact) mass is 430 g/mol. The van der Waals surface area contributed by atoms with Crippen molar-refractivity contribution in [3.05, 3.63) is 65.3 Å². The molecule has 2 aromatic heterocycles. The highest BCUT2D eigenvalue weighted by atomic mass is 32.2. The predicted molar refractivity (Wildman–Crippen MR) is 112 cm³/mol. The molecule has 0 aliphatic heterocycles. The number of amides is 1. The number of aromatic amines is 1. The largest absolute Gasteiger partial charge is 0.345 e. The van der Waals surface area contributed by atoms with Gasteiger partial charge in [-0.25, -0.2) is 18.9 Å². The van der Waals surface area contributed by atoms with E-state index < -0.39 is 20.5 Å². The zero-order valence-electron chi connectivity index (χ0n) is 16.5. The number of H-pyrrole nitrogens is 1. The Balaban J connectivity index is 1.80. The van der Waals surface area contributed by atoms with Crippen molar-refractivity contribution >= 4 is 15.7 Å². The van der Waals surface area contributed by atoms with Crippen molar-refractivity contribution in [2.45, 2.75) is 24.6 Å². The molecule has 1 amide bonds. The van der Waals surface area contributed by atoms with Crippen LogP contribution in [-0.4, -0.2) is 45.1 Å². The summed E-state index contributed by atoms with van der Waals surface area (Å²) in [7, 11) is -3.83. The molecule has 3 aromatic rings. The first-order chi connectivity index (χ1) is 14.2. The fourth-order valence-electron chi connectivity index (χ4n) is 3.04. The molecule has 3 N–H and O–H groups in total. The SMILES string of the molecule is C[C@@](CCn1ccc(-c2ccc(-c3ncc[nH]3)cc2)cc1=O)(C(=O)NO)S(C)(=O)=O. The molecule has 3 rings (SSSR count). The molecule has 0 fully saturated rings. The molecule has 0 radical (unpaired) electrons. The summed E-state index contributed by atoms with van der Waals surface area (Å²) in [5.41, 5.74) is 3.53. The van der Waals surface area contributed by atoms with Crippen molar-refractivity contribution in [3.63, 3.8) is 0 Å². The fraction of sp³-hybridized carbons (Fsp3) is 0.250. The predicted octanol–water partition coefficient (Wildman–Crippen LogP) is 1.60. The third-order valence-electron chi connectivity index (χ3n) is 5.22. The maximum absolute atomic E-state index is 12.5. The van der Waals surface area contributed by atoms with E-state index in [0.717, 1.165) is 23.2 Å². The van der Waals surface area contributed by atoms with E-state index in [4.69, 9.17) is 5.21 Å². The fourth-order valence-corrected chi connectivity index (χ4v) is 3.88. The number of hydroxylamine groups is 1. The summed E-state index contributed by atoms with van der Waals surface area (Å²) in [5.74, 6) is -0.288. The van der Waals surface area contributed by atoms with Crippen LogP contribution in [0.15, 0.2) is 59.8 Å². The van der Waals surface area contributed by atoms with Crippen LogP contribution in [0.3, 0.4) is 0 Å². The van der Waals surface area contributed by atoms with Crippen LogP contribution in [0.1, 0.15) is 13.3 Å². The molecule has 30 heavy (non-hydrogen) atoms. The van der Waals surface area contributed by atoms with Gasteiger partial charge in [-0.15, -0.1) is 0 Å². The number of imidazole rings is 1. The number of pyridine rings is 1. The molecule has 0 unspecified atom stereocenters. The number of rotatable bonds is 7. The number of hydrogen-bond donors (Lipinski definition) is 3. The second-order valence-electron chi connectivity index (χ2n) is 7.16. The second kappa shape index (κ2) is 8.25. The van der Waals surface area contributed by atoms with E-state index in [1.54, 1.807) is 24.7 Å². The van der Waals surface area contributed by atoms with Crippen molar-refractivity contribution in [1.82, 2.24) is 20.0 Å². The van der Waals surface area contributed by atoms with Crippen molar-refractivity contribution in [2.75, 3.05) is 6.26 Å². The van der Waals surface area contributed by atoms with Crippen LogP contribution in [0.25, 0.3) is 22.5 Å². The Hall–Kier alpha value is -3.24. The van der Waals surface area contributed by atoms with E-state index in [-0.39, 0.29) is 18.5 Å². The van der Waals surface area contributed by atoms with Gasteiger partial charge in [0.1, 0.15) is 5.82 Å². The number of aryl methyl sites for hydroxylation is 1. The first kappa shape index (κ1) is 21.5. The molecule has 0 spiro atoms. The maximum Gasteiger partial charge on any atom is 0.264 e. The van der Waals surface area contributed by atoms with Gasteiger partial charge in [-0.1, -0.05) is 24.3 Å². The van der Waals surface area contributed by atoms with Crippen LogP contribution >= 0.6 is 0 Å². The van der Waals surface area contributed by atoms with Crippen LogP contribution in [-0.2, 0) is 21.2 Å². The van der Waals surface area contributed by atoms with E-state index in [9.17, 15) is 18.0 Å². The van der Waals surface area contributed by atoms with Gasteiger partial charge >= 0.3 is 0 Å². The third-order valence-corrected chi connectivity index (χ3v) is 7.24. The molecule has 0 aliphatic rings. The van der Waals surface area contributed by atoms with E-state index in [1.807, 2.05) is 24.3 Å². The van der Waals surface area contributed by atoms with E-state index >= 15 is 0 Å².